The number of rotatable bonds is 4. The van der Waals surface area contributed by atoms with Crippen molar-refractivity contribution in [2.24, 2.45) is 0 Å². The SMILES string of the molecule is O=C(NCCc1cccs1)Nc1cccc(I)c1. The molecular weight excluding hydrogens is 359 g/mol. The van der Waals surface area contributed by atoms with E-state index in [0.717, 1.165) is 15.7 Å². The lowest BCUT2D eigenvalue weighted by molar-refractivity contribution is 0.252. The monoisotopic (exact) mass is 372 g/mol. The summed E-state index contributed by atoms with van der Waals surface area (Å²) in [6, 6.07) is 11.6. The minimum absolute atomic E-state index is 0.159. The highest BCUT2D eigenvalue weighted by Gasteiger charge is 2.01. The average Bonchev–Trinajstić information content (AvgIpc) is 2.82. The summed E-state index contributed by atoms with van der Waals surface area (Å²) in [7, 11) is 0. The fourth-order valence-electron chi connectivity index (χ4n) is 1.50. The quantitative estimate of drug-likeness (QED) is 0.790. The van der Waals surface area contributed by atoms with Gasteiger partial charge in [0.05, 0.1) is 0 Å². The van der Waals surface area contributed by atoms with Crippen LogP contribution < -0.4 is 10.6 Å². The van der Waals surface area contributed by atoms with Crippen molar-refractivity contribution in [3.8, 4) is 0 Å². The maximum absolute atomic E-state index is 11.6. The van der Waals surface area contributed by atoms with Crippen molar-refractivity contribution in [1.29, 1.82) is 0 Å². The Morgan fingerprint density at radius 2 is 2.17 bits per heavy atom. The Morgan fingerprint density at radius 1 is 1.28 bits per heavy atom. The predicted octanol–water partition coefficient (Wildman–Crippen LogP) is 3.72. The highest BCUT2D eigenvalue weighted by atomic mass is 127. The Balaban J connectivity index is 1.75. The van der Waals surface area contributed by atoms with E-state index in [0.29, 0.717) is 6.54 Å². The number of anilines is 1. The van der Waals surface area contributed by atoms with Crippen molar-refractivity contribution in [3.05, 3.63) is 50.2 Å². The number of hydrogen-bond acceptors (Lipinski definition) is 2. The van der Waals surface area contributed by atoms with Gasteiger partial charge in [0.25, 0.3) is 0 Å². The summed E-state index contributed by atoms with van der Waals surface area (Å²) < 4.78 is 1.10. The van der Waals surface area contributed by atoms with E-state index in [2.05, 4.69) is 39.3 Å². The fraction of sp³-hybridized carbons (Fsp3) is 0.154. The predicted molar refractivity (Wildman–Crippen MR) is 84.2 cm³/mol. The summed E-state index contributed by atoms with van der Waals surface area (Å²) in [5.74, 6) is 0. The minimum Gasteiger partial charge on any atom is -0.338 e. The van der Waals surface area contributed by atoms with Gasteiger partial charge in [0.15, 0.2) is 0 Å². The molecule has 94 valence electrons. The summed E-state index contributed by atoms with van der Waals surface area (Å²) in [5.41, 5.74) is 0.815. The molecule has 0 saturated carbocycles. The molecule has 0 unspecified atom stereocenters. The molecule has 5 heteroatoms. The van der Waals surface area contributed by atoms with Crippen molar-refractivity contribution in [2.75, 3.05) is 11.9 Å². The zero-order valence-electron chi connectivity index (χ0n) is 9.65. The molecular formula is C13H13IN2OS. The molecule has 0 aliphatic carbocycles. The molecule has 2 rings (SSSR count). The van der Waals surface area contributed by atoms with Gasteiger partial charge in [-0.3, -0.25) is 0 Å². The van der Waals surface area contributed by atoms with Gasteiger partial charge in [0, 0.05) is 20.7 Å². The summed E-state index contributed by atoms with van der Waals surface area (Å²) in [5, 5.41) is 7.70. The molecule has 0 fully saturated rings. The van der Waals surface area contributed by atoms with E-state index in [1.165, 1.54) is 4.88 Å². The maximum Gasteiger partial charge on any atom is 0.319 e. The molecule has 0 aliphatic heterocycles. The molecule has 2 N–H and O–H groups in total. The Morgan fingerprint density at radius 3 is 2.89 bits per heavy atom. The maximum atomic E-state index is 11.6. The second-order valence-corrected chi connectivity index (χ2v) is 6.00. The van der Waals surface area contributed by atoms with E-state index in [9.17, 15) is 4.79 Å². The van der Waals surface area contributed by atoms with Crippen LogP contribution in [0.5, 0.6) is 0 Å². The third kappa shape index (κ3) is 4.30. The van der Waals surface area contributed by atoms with E-state index in [1.54, 1.807) is 11.3 Å². The lowest BCUT2D eigenvalue weighted by Gasteiger charge is -2.07. The molecule has 3 nitrogen and oxygen atoms in total. The van der Waals surface area contributed by atoms with Crippen LogP contribution in [0.3, 0.4) is 0 Å². The largest absolute Gasteiger partial charge is 0.338 e. The van der Waals surface area contributed by atoms with Gasteiger partial charge in [0.2, 0.25) is 0 Å². The zero-order chi connectivity index (χ0) is 12.8. The van der Waals surface area contributed by atoms with Gasteiger partial charge in [-0.2, -0.15) is 0 Å². The fourth-order valence-corrected chi connectivity index (χ4v) is 2.75. The number of urea groups is 1. The topological polar surface area (TPSA) is 41.1 Å². The Hall–Kier alpha value is -1.08. The number of benzene rings is 1. The highest BCUT2D eigenvalue weighted by Crippen LogP contribution is 2.12. The van der Waals surface area contributed by atoms with Gasteiger partial charge < -0.3 is 10.6 Å². The van der Waals surface area contributed by atoms with Crippen LogP contribution in [0.2, 0.25) is 0 Å². The van der Waals surface area contributed by atoms with E-state index in [-0.39, 0.29) is 6.03 Å². The van der Waals surface area contributed by atoms with Gasteiger partial charge >= 0.3 is 6.03 Å². The molecule has 18 heavy (non-hydrogen) atoms. The lowest BCUT2D eigenvalue weighted by Crippen LogP contribution is -2.30. The molecule has 2 amide bonds. The Kier molecular flexibility index (Phi) is 5.00. The normalized spacial score (nSPS) is 10.1. The van der Waals surface area contributed by atoms with Crippen molar-refractivity contribution in [3.63, 3.8) is 0 Å². The second-order valence-electron chi connectivity index (χ2n) is 3.72. The molecule has 0 aliphatic rings. The molecule has 0 spiro atoms. The summed E-state index contributed by atoms with van der Waals surface area (Å²) >= 11 is 3.93. The smallest absolute Gasteiger partial charge is 0.319 e. The summed E-state index contributed by atoms with van der Waals surface area (Å²) in [6.45, 7) is 0.649. The molecule has 1 heterocycles. The second kappa shape index (κ2) is 6.75. The first-order valence-corrected chi connectivity index (χ1v) is 7.53. The van der Waals surface area contributed by atoms with Crippen LogP contribution in [0.4, 0.5) is 10.5 Å². The van der Waals surface area contributed by atoms with Gasteiger partial charge in [0.1, 0.15) is 0 Å². The number of carbonyl (C=O) groups excluding carboxylic acids is 1. The van der Waals surface area contributed by atoms with Crippen molar-refractivity contribution in [1.82, 2.24) is 5.32 Å². The number of carbonyl (C=O) groups is 1. The van der Waals surface area contributed by atoms with Crippen molar-refractivity contribution < 1.29 is 4.79 Å². The molecule has 2 aromatic rings. The number of amides is 2. The van der Waals surface area contributed by atoms with Crippen LogP contribution in [-0.2, 0) is 6.42 Å². The first-order valence-electron chi connectivity index (χ1n) is 5.57. The van der Waals surface area contributed by atoms with Gasteiger partial charge in [-0.15, -0.1) is 11.3 Å². The molecule has 0 atom stereocenters. The number of hydrogen-bond donors (Lipinski definition) is 2. The number of thiophene rings is 1. The first-order chi connectivity index (χ1) is 8.74. The molecule has 0 bridgehead atoms. The summed E-state index contributed by atoms with van der Waals surface area (Å²) in [4.78, 5) is 12.9. The van der Waals surface area contributed by atoms with Gasteiger partial charge in [-0.25, -0.2) is 4.79 Å². The summed E-state index contributed by atoms with van der Waals surface area (Å²) in [6.07, 6.45) is 0.872. The van der Waals surface area contributed by atoms with Crippen molar-refractivity contribution >= 4 is 45.6 Å². The van der Waals surface area contributed by atoms with Crippen LogP contribution in [-0.4, -0.2) is 12.6 Å². The van der Waals surface area contributed by atoms with Crippen LogP contribution in [0, 0.1) is 3.57 Å². The minimum atomic E-state index is -0.159. The van der Waals surface area contributed by atoms with Gasteiger partial charge in [-0.05, 0) is 58.7 Å². The van der Waals surface area contributed by atoms with Crippen LogP contribution >= 0.6 is 33.9 Å². The average molecular weight is 372 g/mol. The lowest BCUT2D eigenvalue weighted by atomic mass is 10.3. The van der Waals surface area contributed by atoms with Crippen molar-refractivity contribution in [2.45, 2.75) is 6.42 Å². The molecule has 0 saturated heterocycles. The molecule has 1 aromatic carbocycles. The van der Waals surface area contributed by atoms with E-state index in [1.807, 2.05) is 35.7 Å². The van der Waals surface area contributed by atoms with E-state index in [4.69, 9.17) is 0 Å². The third-order valence-electron chi connectivity index (χ3n) is 2.32. The molecule has 1 aromatic heterocycles. The van der Waals surface area contributed by atoms with Crippen LogP contribution in [0.1, 0.15) is 4.88 Å². The van der Waals surface area contributed by atoms with E-state index >= 15 is 0 Å². The standard InChI is InChI=1S/C13H13IN2OS/c14-10-3-1-4-11(9-10)16-13(17)15-7-6-12-5-2-8-18-12/h1-5,8-9H,6-7H2,(H2,15,16,17). The van der Waals surface area contributed by atoms with E-state index < -0.39 is 0 Å². The molecule has 0 radical (unpaired) electrons. The third-order valence-corrected chi connectivity index (χ3v) is 3.93. The highest BCUT2D eigenvalue weighted by molar-refractivity contribution is 14.1. The van der Waals surface area contributed by atoms with Gasteiger partial charge in [-0.1, -0.05) is 12.1 Å². The Bertz CT molecular complexity index is 513. The first kappa shape index (κ1) is 13.4. The zero-order valence-corrected chi connectivity index (χ0v) is 12.6. The van der Waals surface area contributed by atoms with Crippen LogP contribution in [0.15, 0.2) is 41.8 Å². The van der Waals surface area contributed by atoms with Crippen LogP contribution in [0.25, 0.3) is 0 Å². The number of halogens is 1. The number of nitrogens with one attached hydrogen (secondary N) is 2. The Labute approximate surface area is 124 Å².